The van der Waals surface area contributed by atoms with Crippen LogP contribution in [0.15, 0.2) is 66.0 Å². The molecule has 5 nitrogen and oxygen atoms in total. The fourth-order valence-corrected chi connectivity index (χ4v) is 8.20. The molecule has 36 heavy (non-hydrogen) atoms. The van der Waals surface area contributed by atoms with Crippen LogP contribution >= 0.6 is 11.3 Å². The van der Waals surface area contributed by atoms with Crippen LogP contribution in [-0.2, 0) is 15.0 Å². The number of hydrogen-bond acceptors (Lipinski definition) is 4. The topological polar surface area (TPSA) is 71.1 Å². The molecule has 1 unspecified atom stereocenters. The monoisotopic (exact) mass is 499 g/mol. The molecular formula is C30H33N3O2S. The number of carbonyl (C=O) groups excluding carboxylic acids is 2. The molecule has 1 heterocycles. The van der Waals surface area contributed by atoms with Gasteiger partial charge in [0, 0.05) is 10.8 Å². The second-order valence-electron chi connectivity index (χ2n) is 11.2. The smallest absolute Gasteiger partial charge is 0.248 e. The van der Waals surface area contributed by atoms with Crippen molar-refractivity contribution in [1.29, 1.82) is 0 Å². The number of hydrogen-bond donors (Lipinski definition) is 2. The highest BCUT2D eigenvalue weighted by Gasteiger charge is 2.52. The van der Waals surface area contributed by atoms with Crippen LogP contribution in [0.2, 0.25) is 0 Å². The van der Waals surface area contributed by atoms with Gasteiger partial charge in [-0.15, -0.1) is 11.3 Å². The first-order chi connectivity index (χ1) is 17.5. The first-order valence-electron chi connectivity index (χ1n) is 13.2. The number of aromatic nitrogens is 1. The van der Waals surface area contributed by atoms with Crippen molar-refractivity contribution in [2.45, 2.75) is 62.8 Å². The van der Waals surface area contributed by atoms with Gasteiger partial charge in [0.25, 0.3) is 0 Å². The molecule has 0 saturated heterocycles. The van der Waals surface area contributed by atoms with Crippen molar-refractivity contribution in [3.63, 3.8) is 0 Å². The molecule has 1 atom stereocenters. The molecule has 2 aromatic carbocycles. The molecule has 4 aliphatic rings. The van der Waals surface area contributed by atoms with Crippen LogP contribution in [0.25, 0.3) is 0 Å². The predicted octanol–water partition coefficient (Wildman–Crippen LogP) is 5.89. The summed E-state index contributed by atoms with van der Waals surface area (Å²) < 4.78 is 0. The standard InChI is InChI=1S/C30H33N3O2S/c1-19(31-28(35)26(23-8-4-2-5-9-23)24-10-6-3-7-11-24)27(34)33-29-32-25(18-36-29)30-15-20-12-21(16-30)14-22(13-20)17-30/h2-11,18-22,26H,12-17H2,1H3,(H,31,35)(H,32,33,34). The number of rotatable bonds is 7. The van der Waals surface area contributed by atoms with Crippen LogP contribution in [-0.4, -0.2) is 22.8 Å². The lowest BCUT2D eigenvalue weighted by atomic mass is 9.49. The Balaban J connectivity index is 1.13. The molecule has 7 rings (SSSR count). The van der Waals surface area contributed by atoms with Gasteiger partial charge in [-0.05, 0) is 74.3 Å². The Bertz CT molecular complexity index is 1160. The third-order valence-electron chi connectivity index (χ3n) is 8.60. The Morgan fingerprint density at radius 3 is 1.92 bits per heavy atom. The van der Waals surface area contributed by atoms with E-state index < -0.39 is 12.0 Å². The molecule has 4 bridgehead atoms. The summed E-state index contributed by atoms with van der Waals surface area (Å²) in [6.07, 6.45) is 7.96. The summed E-state index contributed by atoms with van der Waals surface area (Å²) in [5, 5.41) is 8.70. The Labute approximate surface area is 216 Å². The number of amides is 2. The SMILES string of the molecule is CC(NC(=O)C(c1ccccc1)c1ccccc1)C(=O)Nc1nc(C23CC4CC(CC(C4)C2)C3)cs1. The molecule has 2 N–H and O–H groups in total. The summed E-state index contributed by atoms with van der Waals surface area (Å²) in [5.74, 6) is 1.65. The molecule has 4 saturated carbocycles. The largest absolute Gasteiger partial charge is 0.344 e. The number of thiazole rings is 1. The van der Waals surface area contributed by atoms with Gasteiger partial charge in [-0.25, -0.2) is 4.98 Å². The van der Waals surface area contributed by atoms with Gasteiger partial charge >= 0.3 is 0 Å². The van der Waals surface area contributed by atoms with Crippen molar-refractivity contribution < 1.29 is 9.59 Å². The van der Waals surface area contributed by atoms with Crippen molar-refractivity contribution in [1.82, 2.24) is 10.3 Å². The van der Waals surface area contributed by atoms with E-state index in [1.165, 1.54) is 55.6 Å². The molecule has 4 aliphatic carbocycles. The lowest BCUT2D eigenvalue weighted by molar-refractivity contribution is -0.126. The summed E-state index contributed by atoms with van der Waals surface area (Å²) in [6, 6.07) is 18.7. The van der Waals surface area contributed by atoms with Crippen LogP contribution in [0.4, 0.5) is 5.13 Å². The van der Waals surface area contributed by atoms with Gasteiger partial charge in [0.1, 0.15) is 6.04 Å². The second-order valence-corrected chi connectivity index (χ2v) is 12.1. The molecule has 4 fully saturated rings. The fourth-order valence-electron chi connectivity index (χ4n) is 7.36. The summed E-state index contributed by atoms with van der Waals surface area (Å²) in [4.78, 5) is 31.3. The molecule has 0 aliphatic heterocycles. The third-order valence-corrected chi connectivity index (χ3v) is 9.35. The molecule has 186 valence electrons. The van der Waals surface area contributed by atoms with Gasteiger partial charge in [0.15, 0.2) is 5.13 Å². The third kappa shape index (κ3) is 4.47. The normalized spacial score (nSPS) is 27.1. The van der Waals surface area contributed by atoms with Crippen LogP contribution in [0.3, 0.4) is 0 Å². The summed E-state index contributed by atoms with van der Waals surface area (Å²) in [5.41, 5.74) is 3.18. The average molecular weight is 500 g/mol. The first kappa shape index (κ1) is 23.4. The Hall–Kier alpha value is -2.99. The van der Waals surface area contributed by atoms with Crippen LogP contribution < -0.4 is 10.6 Å². The summed E-state index contributed by atoms with van der Waals surface area (Å²) >= 11 is 1.51. The highest BCUT2D eigenvalue weighted by Crippen LogP contribution is 2.60. The van der Waals surface area contributed by atoms with Gasteiger partial charge in [0.05, 0.1) is 11.6 Å². The van der Waals surface area contributed by atoms with Gasteiger partial charge in [0.2, 0.25) is 11.8 Å². The Morgan fingerprint density at radius 2 is 1.39 bits per heavy atom. The van der Waals surface area contributed by atoms with Crippen LogP contribution in [0.5, 0.6) is 0 Å². The maximum Gasteiger partial charge on any atom is 0.248 e. The number of nitrogens with one attached hydrogen (secondary N) is 2. The lowest BCUT2D eigenvalue weighted by Crippen LogP contribution is -2.48. The molecule has 6 heteroatoms. The number of benzene rings is 2. The number of anilines is 1. The average Bonchev–Trinajstić information content (AvgIpc) is 3.34. The molecule has 0 radical (unpaired) electrons. The zero-order valence-electron chi connectivity index (χ0n) is 20.7. The zero-order valence-corrected chi connectivity index (χ0v) is 21.5. The van der Waals surface area contributed by atoms with Crippen molar-refractivity contribution in [2.24, 2.45) is 17.8 Å². The minimum Gasteiger partial charge on any atom is -0.344 e. The highest BCUT2D eigenvalue weighted by atomic mass is 32.1. The van der Waals surface area contributed by atoms with Gasteiger partial charge in [-0.1, -0.05) is 60.7 Å². The minimum absolute atomic E-state index is 0.191. The van der Waals surface area contributed by atoms with E-state index in [0.717, 1.165) is 28.9 Å². The number of carbonyl (C=O) groups is 2. The van der Waals surface area contributed by atoms with E-state index in [4.69, 9.17) is 4.98 Å². The van der Waals surface area contributed by atoms with Crippen molar-refractivity contribution in [3.05, 3.63) is 82.9 Å². The molecule has 3 aromatic rings. The highest BCUT2D eigenvalue weighted by molar-refractivity contribution is 7.14. The molecule has 1 aromatic heterocycles. The van der Waals surface area contributed by atoms with E-state index in [1.807, 2.05) is 60.7 Å². The maximum atomic E-state index is 13.4. The predicted molar refractivity (Wildman–Crippen MR) is 143 cm³/mol. The van der Waals surface area contributed by atoms with Crippen LogP contribution in [0, 0.1) is 17.8 Å². The van der Waals surface area contributed by atoms with Crippen LogP contribution in [0.1, 0.15) is 68.2 Å². The van der Waals surface area contributed by atoms with Gasteiger partial charge in [-0.3, -0.25) is 9.59 Å². The molecule has 0 spiro atoms. The lowest BCUT2D eigenvalue weighted by Gasteiger charge is -2.56. The van der Waals surface area contributed by atoms with Crippen molar-refractivity contribution in [2.75, 3.05) is 5.32 Å². The molecular weight excluding hydrogens is 466 g/mol. The van der Waals surface area contributed by atoms with E-state index in [2.05, 4.69) is 16.0 Å². The van der Waals surface area contributed by atoms with E-state index in [-0.39, 0.29) is 17.2 Å². The number of nitrogens with zero attached hydrogens (tertiary/aromatic N) is 1. The van der Waals surface area contributed by atoms with Gasteiger partial charge in [-0.2, -0.15) is 0 Å². The Kier molecular flexibility index (Phi) is 6.16. The quantitative estimate of drug-likeness (QED) is 0.426. The van der Waals surface area contributed by atoms with E-state index in [9.17, 15) is 9.59 Å². The van der Waals surface area contributed by atoms with E-state index in [1.54, 1.807) is 6.92 Å². The summed E-state index contributed by atoms with van der Waals surface area (Å²) in [6.45, 7) is 1.73. The summed E-state index contributed by atoms with van der Waals surface area (Å²) in [7, 11) is 0. The van der Waals surface area contributed by atoms with E-state index in [0.29, 0.717) is 5.13 Å². The maximum absolute atomic E-state index is 13.4. The van der Waals surface area contributed by atoms with E-state index >= 15 is 0 Å². The van der Waals surface area contributed by atoms with Crippen molar-refractivity contribution in [3.8, 4) is 0 Å². The second kappa shape index (κ2) is 9.47. The minimum atomic E-state index is -0.681. The Morgan fingerprint density at radius 1 is 0.861 bits per heavy atom. The van der Waals surface area contributed by atoms with Crippen molar-refractivity contribution >= 4 is 28.3 Å². The first-order valence-corrected chi connectivity index (χ1v) is 14.0. The van der Waals surface area contributed by atoms with Gasteiger partial charge < -0.3 is 10.6 Å². The fraction of sp³-hybridized carbons (Fsp3) is 0.433. The zero-order chi connectivity index (χ0) is 24.7. The molecule has 2 amide bonds.